The zero-order chi connectivity index (χ0) is 27.0. The molecule has 1 amide bonds. The topological polar surface area (TPSA) is 51.0 Å². The molecule has 0 spiro atoms. The van der Waals surface area contributed by atoms with Gasteiger partial charge in [-0.05, 0) is 35.9 Å². The second kappa shape index (κ2) is 9.89. The van der Waals surface area contributed by atoms with Crippen molar-refractivity contribution in [1.82, 2.24) is 15.0 Å². The van der Waals surface area contributed by atoms with Gasteiger partial charge in [-0.2, -0.15) is 26.3 Å². The number of aromatic nitrogens is 3. The fraction of sp³-hybridized carbons (Fsp3) is 0.160. The van der Waals surface area contributed by atoms with Gasteiger partial charge >= 0.3 is 12.4 Å². The van der Waals surface area contributed by atoms with E-state index in [1.54, 1.807) is 54.6 Å². The number of alkyl halides is 6. The number of hydrogen-bond acceptors (Lipinski definition) is 3. The Balaban J connectivity index is 1.82. The lowest BCUT2D eigenvalue weighted by Gasteiger charge is -2.18. The molecule has 0 saturated carbocycles. The minimum Gasteiger partial charge on any atom is -0.308 e. The largest absolute Gasteiger partial charge is 0.416 e. The van der Waals surface area contributed by atoms with Crippen molar-refractivity contribution in [3.05, 3.63) is 100 Å². The van der Waals surface area contributed by atoms with Crippen LogP contribution in [-0.4, -0.2) is 27.9 Å². The molecule has 0 atom stereocenters. The van der Waals surface area contributed by atoms with Crippen molar-refractivity contribution >= 4 is 23.2 Å². The third-order valence-electron chi connectivity index (χ3n) is 5.48. The molecule has 4 aromatic rings. The summed E-state index contributed by atoms with van der Waals surface area (Å²) < 4.78 is 81.2. The van der Waals surface area contributed by atoms with E-state index in [9.17, 15) is 31.1 Å². The molecule has 0 bridgehead atoms. The van der Waals surface area contributed by atoms with Crippen molar-refractivity contribution in [3.63, 3.8) is 0 Å². The average Bonchev–Trinajstić information content (AvgIpc) is 3.26. The van der Waals surface area contributed by atoms with E-state index in [1.165, 1.54) is 11.9 Å². The van der Waals surface area contributed by atoms with Crippen LogP contribution in [-0.2, 0) is 18.9 Å². The molecule has 0 fully saturated rings. The smallest absolute Gasteiger partial charge is 0.308 e. The van der Waals surface area contributed by atoms with Crippen LogP contribution in [0.5, 0.6) is 0 Å². The van der Waals surface area contributed by atoms with E-state index in [2.05, 4.69) is 10.3 Å². The van der Waals surface area contributed by atoms with Gasteiger partial charge in [-0.25, -0.2) is 4.68 Å². The van der Waals surface area contributed by atoms with Crippen molar-refractivity contribution in [2.45, 2.75) is 18.9 Å². The zero-order valence-electron chi connectivity index (χ0n) is 19.0. The molecule has 5 nitrogen and oxygen atoms in total. The van der Waals surface area contributed by atoms with E-state index in [1.807, 2.05) is 0 Å². The number of para-hydroxylation sites is 1. The van der Waals surface area contributed by atoms with Crippen molar-refractivity contribution in [3.8, 4) is 11.3 Å². The summed E-state index contributed by atoms with van der Waals surface area (Å²) in [6.45, 7) is -0.507. The van der Waals surface area contributed by atoms with Crippen LogP contribution in [0.3, 0.4) is 0 Å². The maximum atomic E-state index is 13.4. The number of carbonyl (C=O) groups is 1. The second-order valence-electron chi connectivity index (χ2n) is 8.04. The molecule has 0 aliphatic rings. The Labute approximate surface area is 211 Å². The molecule has 3 aromatic carbocycles. The first-order chi connectivity index (χ1) is 17.4. The molecule has 0 radical (unpaired) electrons. The monoisotopic (exact) mass is 538 g/mol. The lowest BCUT2D eigenvalue weighted by Crippen LogP contribution is -2.27. The molecule has 12 heteroatoms. The molecule has 192 valence electrons. The Bertz CT molecular complexity index is 1400. The third-order valence-corrected chi connectivity index (χ3v) is 5.80. The summed E-state index contributed by atoms with van der Waals surface area (Å²) >= 11 is 6.20. The number of hydrogen-bond donors (Lipinski definition) is 0. The number of halogens is 7. The molecule has 0 aliphatic heterocycles. The molecule has 0 unspecified atom stereocenters. The van der Waals surface area contributed by atoms with E-state index in [4.69, 9.17) is 11.6 Å². The van der Waals surface area contributed by atoms with E-state index in [0.717, 1.165) is 4.68 Å². The summed E-state index contributed by atoms with van der Waals surface area (Å²) in [4.78, 5) is 14.6. The number of rotatable bonds is 5. The molecule has 1 heterocycles. The van der Waals surface area contributed by atoms with Crippen LogP contribution in [0.2, 0.25) is 5.02 Å². The van der Waals surface area contributed by atoms with Crippen LogP contribution in [0.4, 0.5) is 32.0 Å². The Kier molecular flexibility index (Phi) is 7.00. The summed E-state index contributed by atoms with van der Waals surface area (Å²) in [6.07, 6.45) is -10.0. The first-order valence-electron chi connectivity index (χ1n) is 10.7. The quantitative estimate of drug-likeness (QED) is 0.258. The maximum Gasteiger partial charge on any atom is 0.416 e. The summed E-state index contributed by atoms with van der Waals surface area (Å²) in [5, 5.41) is 8.14. The van der Waals surface area contributed by atoms with Gasteiger partial charge in [0.15, 0.2) is 5.69 Å². The van der Waals surface area contributed by atoms with Gasteiger partial charge in [0.25, 0.3) is 5.91 Å². The first-order valence-corrected chi connectivity index (χ1v) is 11.0. The Hall–Kier alpha value is -3.86. The van der Waals surface area contributed by atoms with Crippen LogP contribution >= 0.6 is 11.6 Å². The van der Waals surface area contributed by atoms with E-state index < -0.39 is 35.9 Å². The van der Waals surface area contributed by atoms with Gasteiger partial charge in [-0.3, -0.25) is 4.79 Å². The van der Waals surface area contributed by atoms with Crippen molar-refractivity contribution in [1.29, 1.82) is 0 Å². The minimum absolute atomic E-state index is 0.0520. The summed E-state index contributed by atoms with van der Waals surface area (Å²) in [7, 11) is 1.46. The standard InChI is InChI=1S/C25H17ClF6N4O/c1-35(20-10-6-5-9-19(20)26)23(37)21-22(16-7-3-2-4-8-16)36(34-33-21)14-15-11-17(24(27,28)29)13-18(12-15)25(30,31)32/h2-13H,14H2,1H3. The number of nitrogens with zero attached hydrogens (tertiary/aromatic N) is 4. The highest BCUT2D eigenvalue weighted by Gasteiger charge is 2.37. The third kappa shape index (κ3) is 5.61. The maximum absolute atomic E-state index is 13.4. The molecular formula is C25H17ClF6N4O. The molecule has 37 heavy (non-hydrogen) atoms. The predicted octanol–water partition coefficient (Wildman–Crippen LogP) is 6.96. The SMILES string of the molecule is CN(C(=O)c1nnn(Cc2cc(C(F)(F)F)cc(C(F)(F)F)c2)c1-c1ccccc1)c1ccccc1Cl. The van der Waals surface area contributed by atoms with Crippen molar-refractivity contribution in [2.24, 2.45) is 0 Å². The minimum atomic E-state index is -5.00. The van der Waals surface area contributed by atoms with Gasteiger partial charge in [0, 0.05) is 12.6 Å². The first kappa shape index (κ1) is 26.2. The highest BCUT2D eigenvalue weighted by Crippen LogP contribution is 2.37. The van der Waals surface area contributed by atoms with E-state index in [0.29, 0.717) is 23.4 Å². The number of amides is 1. The summed E-state index contributed by atoms with van der Waals surface area (Å²) in [5.41, 5.74) is -2.45. The van der Waals surface area contributed by atoms with Crippen molar-refractivity contribution < 1.29 is 31.1 Å². The number of carbonyl (C=O) groups excluding carboxylic acids is 1. The van der Waals surface area contributed by atoms with Gasteiger partial charge in [0.2, 0.25) is 0 Å². The number of anilines is 1. The Morgan fingerprint density at radius 1 is 0.892 bits per heavy atom. The van der Waals surface area contributed by atoms with Crippen LogP contribution in [0.25, 0.3) is 11.3 Å². The fourth-order valence-electron chi connectivity index (χ4n) is 3.73. The average molecular weight is 539 g/mol. The molecular weight excluding hydrogens is 522 g/mol. The van der Waals surface area contributed by atoms with Gasteiger partial charge in [-0.1, -0.05) is 59.3 Å². The Morgan fingerprint density at radius 3 is 2.03 bits per heavy atom. The summed E-state index contributed by atoms with van der Waals surface area (Å²) in [6, 6.07) is 16.1. The highest BCUT2D eigenvalue weighted by atomic mass is 35.5. The number of benzene rings is 3. The highest BCUT2D eigenvalue weighted by molar-refractivity contribution is 6.34. The molecule has 1 aromatic heterocycles. The van der Waals surface area contributed by atoms with Gasteiger partial charge in [0.1, 0.15) is 5.69 Å². The van der Waals surface area contributed by atoms with Crippen LogP contribution in [0, 0.1) is 0 Å². The Morgan fingerprint density at radius 2 is 1.46 bits per heavy atom. The summed E-state index contributed by atoms with van der Waals surface area (Å²) in [5.74, 6) is -0.627. The van der Waals surface area contributed by atoms with Crippen LogP contribution < -0.4 is 4.90 Å². The zero-order valence-corrected chi connectivity index (χ0v) is 19.7. The normalized spacial score (nSPS) is 12.0. The van der Waals surface area contributed by atoms with Crippen LogP contribution in [0.15, 0.2) is 72.8 Å². The lowest BCUT2D eigenvalue weighted by atomic mass is 10.0. The molecule has 0 aliphatic carbocycles. The molecule has 0 N–H and O–H groups in total. The second-order valence-corrected chi connectivity index (χ2v) is 8.45. The lowest BCUT2D eigenvalue weighted by molar-refractivity contribution is -0.143. The molecule has 4 rings (SSSR count). The van der Waals surface area contributed by atoms with Gasteiger partial charge in [0.05, 0.1) is 28.4 Å². The van der Waals surface area contributed by atoms with Gasteiger partial charge in [-0.15, -0.1) is 5.10 Å². The van der Waals surface area contributed by atoms with E-state index >= 15 is 0 Å². The molecule has 0 saturated heterocycles. The van der Waals surface area contributed by atoms with E-state index in [-0.39, 0.29) is 28.0 Å². The van der Waals surface area contributed by atoms with Crippen molar-refractivity contribution in [2.75, 3.05) is 11.9 Å². The predicted molar refractivity (Wildman–Crippen MR) is 125 cm³/mol. The van der Waals surface area contributed by atoms with Crippen LogP contribution in [0.1, 0.15) is 27.2 Å². The fourth-order valence-corrected chi connectivity index (χ4v) is 3.99. The van der Waals surface area contributed by atoms with Gasteiger partial charge < -0.3 is 4.90 Å².